The quantitative estimate of drug-likeness (QED) is 0.583. The second kappa shape index (κ2) is 2.08. The minimum absolute atomic E-state index is 0.685. The molecule has 54 valence electrons. The molecule has 0 radical (unpaired) electrons. The lowest BCUT2D eigenvalue weighted by Gasteiger charge is -2.32. The van der Waals surface area contributed by atoms with E-state index in [2.05, 4.69) is 21.7 Å². The lowest BCUT2D eigenvalue weighted by Crippen LogP contribution is -2.23. The molecule has 1 aromatic rings. The molecule has 1 saturated carbocycles. The predicted octanol–water partition coefficient (Wildman–Crippen LogP) is 1.25. The number of hydrogen-bond donors (Lipinski definition) is 0. The fourth-order valence-corrected chi connectivity index (χ4v) is 1.50. The minimum Gasteiger partial charge on any atom is -0.317 e. The van der Waals surface area contributed by atoms with E-state index in [0.717, 1.165) is 5.92 Å². The minimum atomic E-state index is 0.685. The lowest BCUT2D eigenvalue weighted by atomic mass is 9.82. The van der Waals surface area contributed by atoms with Crippen molar-refractivity contribution < 1.29 is 0 Å². The van der Waals surface area contributed by atoms with Crippen LogP contribution in [0.15, 0.2) is 12.7 Å². The molecule has 0 bridgehead atoms. The van der Waals surface area contributed by atoms with Crippen LogP contribution in [-0.2, 0) is 0 Å². The normalized spacial score (nSPS) is 31.7. The summed E-state index contributed by atoms with van der Waals surface area (Å²) in [7, 11) is 0. The summed E-state index contributed by atoms with van der Waals surface area (Å²) >= 11 is 0. The van der Waals surface area contributed by atoms with Gasteiger partial charge in [-0.1, -0.05) is 6.92 Å². The van der Waals surface area contributed by atoms with Crippen LogP contribution in [0.1, 0.15) is 25.8 Å². The second-order valence-corrected chi connectivity index (χ2v) is 3.14. The summed E-state index contributed by atoms with van der Waals surface area (Å²) < 4.78 is 2.10. The smallest absolute Gasteiger partial charge is 0.119 e. The predicted molar refractivity (Wildman–Crippen MR) is 37.5 cm³/mol. The number of aromatic nitrogens is 3. The molecule has 1 fully saturated rings. The Labute approximate surface area is 60.1 Å². The molecule has 1 aliphatic carbocycles. The zero-order valence-electron chi connectivity index (χ0n) is 6.07. The van der Waals surface area contributed by atoms with Gasteiger partial charge in [-0.2, -0.15) is 0 Å². The maximum atomic E-state index is 3.76. The topological polar surface area (TPSA) is 30.7 Å². The third-order valence-electron chi connectivity index (χ3n) is 2.21. The molecule has 0 amide bonds. The van der Waals surface area contributed by atoms with Gasteiger partial charge >= 0.3 is 0 Å². The van der Waals surface area contributed by atoms with Crippen LogP contribution in [-0.4, -0.2) is 14.8 Å². The number of nitrogens with zero attached hydrogens (tertiary/aromatic N) is 3. The molecular weight excluding hydrogens is 126 g/mol. The standard InChI is InChI=1S/C7H11N3/c1-6-2-7(3-6)10-4-8-9-5-10/h4-7H,2-3H2,1H3. The highest BCUT2D eigenvalue weighted by Crippen LogP contribution is 2.36. The SMILES string of the molecule is CC1CC(n2cnnc2)C1. The summed E-state index contributed by atoms with van der Waals surface area (Å²) in [6.45, 7) is 2.28. The van der Waals surface area contributed by atoms with Gasteiger partial charge in [-0.25, -0.2) is 0 Å². The first kappa shape index (κ1) is 5.89. The summed E-state index contributed by atoms with van der Waals surface area (Å²) in [5.41, 5.74) is 0. The third kappa shape index (κ3) is 0.818. The van der Waals surface area contributed by atoms with Crippen molar-refractivity contribution in [2.45, 2.75) is 25.8 Å². The molecule has 1 aliphatic rings. The second-order valence-electron chi connectivity index (χ2n) is 3.14. The average Bonchev–Trinajstić information content (AvgIpc) is 2.31. The van der Waals surface area contributed by atoms with Crippen molar-refractivity contribution >= 4 is 0 Å². The summed E-state index contributed by atoms with van der Waals surface area (Å²) in [6.07, 6.45) is 6.18. The van der Waals surface area contributed by atoms with Crippen LogP contribution in [0, 0.1) is 5.92 Å². The molecule has 0 aliphatic heterocycles. The Bertz CT molecular complexity index is 199. The fraction of sp³-hybridized carbons (Fsp3) is 0.714. The van der Waals surface area contributed by atoms with Gasteiger partial charge in [-0.3, -0.25) is 0 Å². The Hall–Kier alpha value is -0.860. The molecule has 0 atom stereocenters. The van der Waals surface area contributed by atoms with Crippen LogP contribution >= 0.6 is 0 Å². The van der Waals surface area contributed by atoms with E-state index < -0.39 is 0 Å². The van der Waals surface area contributed by atoms with Crippen LogP contribution in [0.25, 0.3) is 0 Å². The van der Waals surface area contributed by atoms with Gasteiger partial charge in [-0.05, 0) is 18.8 Å². The van der Waals surface area contributed by atoms with Crippen LogP contribution < -0.4 is 0 Å². The van der Waals surface area contributed by atoms with E-state index in [9.17, 15) is 0 Å². The first-order valence-corrected chi connectivity index (χ1v) is 3.70. The molecular formula is C7H11N3. The summed E-state index contributed by atoms with van der Waals surface area (Å²) in [4.78, 5) is 0. The Morgan fingerprint density at radius 2 is 1.90 bits per heavy atom. The van der Waals surface area contributed by atoms with Crippen molar-refractivity contribution in [2.75, 3.05) is 0 Å². The van der Waals surface area contributed by atoms with Gasteiger partial charge in [0.05, 0.1) is 0 Å². The van der Waals surface area contributed by atoms with Gasteiger partial charge in [-0.15, -0.1) is 10.2 Å². The monoisotopic (exact) mass is 137 g/mol. The van der Waals surface area contributed by atoms with Crippen molar-refractivity contribution in [3.05, 3.63) is 12.7 Å². The molecule has 1 aromatic heterocycles. The van der Waals surface area contributed by atoms with E-state index in [1.807, 2.05) is 0 Å². The fourth-order valence-electron chi connectivity index (χ4n) is 1.50. The maximum Gasteiger partial charge on any atom is 0.119 e. The van der Waals surface area contributed by atoms with Crippen molar-refractivity contribution in [1.29, 1.82) is 0 Å². The van der Waals surface area contributed by atoms with Gasteiger partial charge in [0.2, 0.25) is 0 Å². The van der Waals surface area contributed by atoms with Crippen molar-refractivity contribution in [3.8, 4) is 0 Å². The zero-order valence-corrected chi connectivity index (χ0v) is 6.07. The molecule has 3 nitrogen and oxygen atoms in total. The van der Waals surface area contributed by atoms with Crippen LogP contribution in [0.5, 0.6) is 0 Å². The number of hydrogen-bond acceptors (Lipinski definition) is 2. The first-order valence-electron chi connectivity index (χ1n) is 3.70. The Morgan fingerprint density at radius 1 is 1.30 bits per heavy atom. The summed E-state index contributed by atoms with van der Waals surface area (Å²) in [5, 5.41) is 7.53. The van der Waals surface area contributed by atoms with Gasteiger partial charge in [0.15, 0.2) is 0 Å². The molecule has 3 heteroatoms. The molecule has 0 unspecified atom stereocenters. The average molecular weight is 137 g/mol. The van der Waals surface area contributed by atoms with E-state index in [-0.39, 0.29) is 0 Å². The van der Waals surface area contributed by atoms with Gasteiger partial charge in [0.25, 0.3) is 0 Å². The van der Waals surface area contributed by atoms with E-state index in [1.54, 1.807) is 12.7 Å². The van der Waals surface area contributed by atoms with Gasteiger partial charge in [0.1, 0.15) is 12.7 Å². The van der Waals surface area contributed by atoms with Crippen molar-refractivity contribution in [1.82, 2.24) is 14.8 Å². The van der Waals surface area contributed by atoms with Crippen molar-refractivity contribution in [2.24, 2.45) is 5.92 Å². The van der Waals surface area contributed by atoms with E-state index >= 15 is 0 Å². The summed E-state index contributed by atoms with van der Waals surface area (Å²) in [6, 6.07) is 0.685. The third-order valence-corrected chi connectivity index (χ3v) is 2.21. The first-order chi connectivity index (χ1) is 4.86. The van der Waals surface area contributed by atoms with E-state index in [0.29, 0.717) is 6.04 Å². The van der Waals surface area contributed by atoms with E-state index in [1.165, 1.54) is 12.8 Å². The molecule has 10 heavy (non-hydrogen) atoms. The van der Waals surface area contributed by atoms with E-state index in [4.69, 9.17) is 0 Å². The largest absolute Gasteiger partial charge is 0.317 e. The molecule has 0 saturated heterocycles. The highest BCUT2D eigenvalue weighted by atomic mass is 15.2. The Kier molecular flexibility index (Phi) is 1.22. The van der Waals surface area contributed by atoms with Gasteiger partial charge in [0, 0.05) is 6.04 Å². The summed E-state index contributed by atoms with van der Waals surface area (Å²) in [5.74, 6) is 0.896. The Morgan fingerprint density at radius 3 is 2.40 bits per heavy atom. The molecule has 2 rings (SSSR count). The zero-order chi connectivity index (χ0) is 6.97. The highest BCUT2D eigenvalue weighted by molar-refractivity contribution is 4.83. The molecule has 1 heterocycles. The maximum absolute atomic E-state index is 3.76. The molecule has 0 spiro atoms. The molecule has 0 N–H and O–H groups in total. The van der Waals surface area contributed by atoms with Crippen molar-refractivity contribution in [3.63, 3.8) is 0 Å². The van der Waals surface area contributed by atoms with Gasteiger partial charge < -0.3 is 4.57 Å². The Balaban J connectivity index is 2.04. The van der Waals surface area contributed by atoms with Crippen LogP contribution in [0.4, 0.5) is 0 Å². The highest BCUT2D eigenvalue weighted by Gasteiger charge is 2.26. The van der Waals surface area contributed by atoms with Crippen LogP contribution in [0.3, 0.4) is 0 Å². The lowest BCUT2D eigenvalue weighted by molar-refractivity contribution is 0.215. The number of rotatable bonds is 1. The van der Waals surface area contributed by atoms with Crippen LogP contribution in [0.2, 0.25) is 0 Å². The molecule has 0 aromatic carbocycles.